The van der Waals surface area contributed by atoms with Gasteiger partial charge in [-0.1, -0.05) is 24.3 Å². The van der Waals surface area contributed by atoms with Gasteiger partial charge in [-0.05, 0) is 24.1 Å². The molecule has 2 N–H and O–H groups in total. The molecule has 4 nitrogen and oxygen atoms in total. The molecule has 1 unspecified atom stereocenters. The van der Waals surface area contributed by atoms with Gasteiger partial charge in [-0.3, -0.25) is 4.79 Å². The average Bonchev–Trinajstić information content (AvgIpc) is 2.46. The van der Waals surface area contributed by atoms with Gasteiger partial charge in [0.2, 0.25) is 5.91 Å². The molecule has 18 heavy (non-hydrogen) atoms. The van der Waals surface area contributed by atoms with Gasteiger partial charge in [0.15, 0.2) is 0 Å². The van der Waals surface area contributed by atoms with Crippen molar-refractivity contribution in [2.45, 2.75) is 19.0 Å². The van der Waals surface area contributed by atoms with E-state index in [1.165, 1.54) is 0 Å². The molecule has 0 spiro atoms. The second kappa shape index (κ2) is 5.99. The number of amides is 1. The van der Waals surface area contributed by atoms with E-state index < -0.39 is 0 Å². The molecule has 0 bridgehead atoms. The minimum atomic E-state index is -0.131. The Morgan fingerprint density at radius 2 is 2.17 bits per heavy atom. The van der Waals surface area contributed by atoms with Crippen LogP contribution in [0.3, 0.4) is 0 Å². The van der Waals surface area contributed by atoms with Crippen molar-refractivity contribution >= 4 is 5.91 Å². The zero-order valence-electron chi connectivity index (χ0n) is 10.0. The molecule has 0 saturated carbocycles. The molecule has 1 atom stereocenters. The van der Waals surface area contributed by atoms with Crippen LogP contribution < -0.4 is 10.6 Å². The summed E-state index contributed by atoms with van der Waals surface area (Å²) in [7, 11) is 0. The van der Waals surface area contributed by atoms with E-state index in [0.29, 0.717) is 12.1 Å². The lowest BCUT2D eigenvalue weighted by Gasteiger charge is -2.18. The van der Waals surface area contributed by atoms with E-state index in [1.54, 1.807) is 12.1 Å². The van der Waals surface area contributed by atoms with E-state index in [1.807, 2.05) is 24.3 Å². The molecule has 1 aromatic rings. The number of carbonyl (C=O) groups is 1. The van der Waals surface area contributed by atoms with Crippen LogP contribution in [0, 0.1) is 11.3 Å². The van der Waals surface area contributed by atoms with E-state index in [2.05, 4.69) is 16.7 Å². The third-order valence-corrected chi connectivity index (χ3v) is 2.89. The molecule has 0 radical (unpaired) electrons. The minimum Gasteiger partial charge on any atom is -0.351 e. The zero-order chi connectivity index (χ0) is 12.8. The number of rotatable bonds is 3. The predicted octanol–water partition coefficient (Wildman–Crippen LogP) is 1.09. The summed E-state index contributed by atoms with van der Waals surface area (Å²) in [4.78, 5) is 11.8. The first kappa shape index (κ1) is 12.3. The Morgan fingerprint density at radius 1 is 1.39 bits per heavy atom. The fourth-order valence-corrected chi connectivity index (χ4v) is 1.82. The molecule has 1 aromatic carbocycles. The lowest BCUT2D eigenvalue weighted by molar-refractivity contribution is -0.123. The summed E-state index contributed by atoms with van der Waals surface area (Å²) in [5, 5.41) is 14.7. The molecule has 1 amide bonds. The molecule has 0 saturated heterocycles. The third-order valence-electron chi connectivity index (χ3n) is 2.89. The van der Waals surface area contributed by atoms with Gasteiger partial charge in [-0.25, -0.2) is 0 Å². The molecular weight excluding hydrogens is 226 g/mol. The molecule has 0 aliphatic carbocycles. The highest BCUT2D eigenvalue weighted by molar-refractivity contribution is 5.82. The topological polar surface area (TPSA) is 64.9 Å². The molecule has 1 aliphatic rings. The van der Waals surface area contributed by atoms with Crippen molar-refractivity contribution in [1.29, 1.82) is 5.26 Å². The van der Waals surface area contributed by atoms with Crippen molar-refractivity contribution in [3.05, 3.63) is 47.5 Å². The molecule has 1 aliphatic heterocycles. The van der Waals surface area contributed by atoms with Crippen LogP contribution in [0.1, 0.15) is 17.5 Å². The number of benzene rings is 1. The third kappa shape index (κ3) is 3.19. The second-order valence-electron chi connectivity index (χ2n) is 4.19. The van der Waals surface area contributed by atoms with Crippen LogP contribution in [0.2, 0.25) is 0 Å². The van der Waals surface area contributed by atoms with Crippen LogP contribution in [-0.2, 0) is 11.3 Å². The number of nitriles is 1. The summed E-state index contributed by atoms with van der Waals surface area (Å²) >= 11 is 0. The Morgan fingerprint density at radius 3 is 2.78 bits per heavy atom. The van der Waals surface area contributed by atoms with E-state index in [4.69, 9.17) is 5.26 Å². The van der Waals surface area contributed by atoms with Crippen molar-refractivity contribution in [1.82, 2.24) is 10.6 Å². The van der Waals surface area contributed by atoms with Crippen molar-refractivity contribution in [2.24, 2.45) is 0 Å². The van der Waals surface area contributed by atoms with Gasteiger partial charge in [0.1, 0.15) is 0 Å². The summed E-state index contributed by atoms with van der Waals surface area (Å²) in [5.41, 5.74) is 1.62. The van der Waals surface area contributed by atoms with E-state index >= 15 is 0 Å². The Bertz CT molecular complexity index is 485. The zero-order valence-corrected chi connectivity index (χ0v) is 10.0. The molecule has 2 rings (SSSR count). The summed E-state index contributed by atoms with van der Waals surface area (Å²) < 4.78 is 0. The van der Waals surface area contributed by atoms with Crippen LogP contribution in [0.15, 0.2) is 36.4 Å². The Labute approximate surface area is 106 Å². The van der Waals surface area contributed by atoms with E-state index in [-0.39, 0.29) is 11.9 Å². The van der Waals surface area contributed by atoms with E-state index in [0.717, 1.165) is 18.5 Å². The van der Waals surface area contributed by atoms with Crippen molar-refractivity contribution in [3.63, 3.8) is 0 Å². The SMILES string of the molecule is N#Cc1ccc(CNC(=O)C2CC=CCN2)cc1. The predicted molar refractivity (Wildman–Crippen MR) is 68.6 cm³/mol. The van der Waals surface area contributed by atoms with Gasteiger partial charge in [-0.15, -0.1) is 0 Å². The Hall–Kier alpha value is -2.12. The van der Waals surface area contributed by atoms with Crippen LogP contribution in [0.4, 0.5) is 0 Å². The average molecular weight is 241 g/mol. The summed E-state index contributed by atoms with van der Waals surface area (Å²) in [6.07, 6.45) is 4.77. The van der Waals surface area contributed by atoms with Gasteiger partial charge in [-0.2, -0.15) is 5.26 Å². The van der Waals surface area contributed by atoms with Gasteiger partial charge >= 0.3 is 0 Å². The standard InChI is InChI=1S/C14H15N3O/c15-9-11-4-6-12(7-5-11)10-17-14(18)13-3-1-2-8-16-13/h1-2,4-7,13,16H,3,8,10H2,(H,17,18). The lowest BCUT2D eigenvalue weighted by atomic mass is 10.1. The largest absolute Gasteiger partial charge is 0.351 e. The smallest absolute Gasteiger partial charge is 0.237 e. The molecule has 4 heteroatoms. The summed E-state index contributed by atoms with van der Waals surface area (Å²) in [5.74, 6) is 0.0173. The van der Waals surface area contributed by atoms with Gasteiger partial charge < -0.3 is 10.6 Å². The molecule has 92 valence electrons. The molecule has 0 aromatic heterocycles. The van der Waals surface area contributed by atoms with Crippen LogP contribution in [0.5, 0.6) is 0 Å². The van der Waals surface area contributed by atoms with Crippen molar-refractivity contribution in [3.8, 4) is 6.07 Å². The normalized spacial score (nSPS) is 18.1. The van der Waals surface area contributed by atoms with Gasteiger partial charge in [0, 0.05) is 13.1 Å². The number of nitrogens with zero attached hydrogens (tertiary/aromatic N) is 1. The maximum Gasteiger partial charge on any atom is 0.237 e. The second-order valence-corrected chi connectivity index (χ2v) is 4.19. The number of hydrogen-bond acceptors (Lipinski definition) is 3. The van der Waals surface area contributed by atoms with E-state index in [9.17, 15) is 4.79 Å². The fraction of sp³-hybridized carbons (Fsp3) is 0.286. The molecule has 0 fully saturated rings. The fourth-order valence-electron chi connectivity index (χ4n) is 1.82. The number of nitrogens with one attached hydrogen (secondary N) is 2. The van der Waals surface area contributed by atoms with Crippen LogP contribution >= 0.6 is 0 Å². The Kier molecular flexibility index (Phi) is 4.11. The summed E-state index contributed by atoms with van der Waals surface area (Å²) in [6, 6.07) is 9.15. The first-order valence-corrected chi connectivity index (χ1v) is 5.95. The molecule has 1 heterocycles. The molecular formula is C14H15N3O. The lowest BCUT2D eigenvalue weighted by Crippen LogP contribution is -2.45. The number of carbonyl (C=O) groups excluding carboxylic acids is 1. The van der Waals surface area contributed by atoms with Gasteiger partial charge in [0.25, 0.3) is 0 Å². The highest BCUT2D eigenvalue weighted by Gasteiger charge is 2.17. The highest BCUT2D eigenvalue weighted by Crippen LogP contribution is 2.04. The maximum atomic E-state index is 11.8. The number of hydrogen-bond donors (Lipinski definition) is 2. The monoisotopic (exact) mass is 241 g/mol. The highest BCUT2D eigenvalue weighted by atomic mass is 16.2. The minimum absolute atomic E-state index is 0.0173. The van der Waals surface area contributed by atoms with Crippen LogP contribution in [-0.4, -0.2) is 18.5 Å². The Balaban J connectivity index is 1.85. The van der Waals surface area contributed by atoms with Crippen molar-refractivity contribution < 1.29 is 4.79 Å². The summed E-state index contributed by atoms with van der Waals surface area (Å²) in [6.45, 7) is 1.24. The maximum absolute atomic E-state index is 11.8. The first-order valence-electron chi connectivity index (χ1n) is 5.95. The first-order chi connectivity index (χ1) is 8.79. The quantitative estimate of drug-likeness (QED) is 0.779. The van der Waals surface area contributed by atoms with Crippen LogP contribution in [0.25, 0.3) is 0 Å². The van der Waals surface area contributed by atoms with Gasteiger partial charge in [0.05, 0.1) is 17.7 Å². The van der Waals surface area contributed by atoms with Crippen molar-refractivity contribution in [2.75, 3.05) is 6.54 Å².